The van der Waals surface area contributed by atoms with E-state index >= 15 is 0 Å². The molecular formula is C27H34O4. The number of hydrogen-bond acceptors (Lipinski definition) is 4. The minimum Gasteiger partial charge on any atom is -0.507 e. The van der Waals surface area contributed by atoms with Crippen molar-refractivity contribution in [3.8, 4) is 22.8 Å². The molecule has 166 valence electrons. The highest BCUT2D eigenvalue weighted by atomic mass is 16.5. The van der Waals surface area contributed by atoms with E-state index in [0.29, 0.717) is 23.5 Å². The molecule has 0 aliphatic rings. The van der Waals surface area contributed by atoms with Crippen molar-refractivity contribution in [2.45, 2.75) is 59.8 Å². The van der Waals surface area contributed by atoms with Gasteiger partial charge in [-0.05, 0) is 77.6 Å². The van der Waals surface area contributed by atoms with Crippen molar-refractivity contribution >= 4 is 0 Å². The number of hydrogen-bond donors (Lipinski definition) is 1. The summed E-state index contributed by atoms with van der Waals surface area (Å²) in [5.41, 5.74) is 4.42. The first kappa shape index (κ1) is 24.3. The first-order valence-corrected chi connectivity index (χ1v) is 10.7. The predicted octanol–water partition coefficient (Wildman–Crippen LogP) is 6.98. The van der Waals surface area contributed by atoms with Crippen molar-refractivity contribution < 1.29 is 14.3 Å². The Labute approximate surface area is 185 Å². The molecule has 0 fully saturated rings. The second-order valence-corrected chi connectivity index (χ2v) is 8.15. The highest BCUT2D eigenvalue weighted by Gasteiger charge is 2.12. The van der Waals surface area contributed by atoms with Crippen molar-refractivity contribution in [3.63, 3.8) is 0 Å². The standard InChI is InChI=1S/C27H34O4/c1-19(2)8-6-9-20(3)10-7-11-21(4)12-17-24-25(28)18-26(31-27(24)29)22-13-15-23(30-5)16-14-22/h8,10,12-16,18,28H,6-7,9,11,17H2,1-5H3/b20-10+,21-12+. The minimum absolute atomic E-state index is 0.0406. The summed E-state index contributed by atoms with van der Waals surface area (Å²) in [6, 6.07) is 8.64. The van der Waals surface area contributed by atoms with E-state index in [1.54, 1.807) is 31.4 Å². The van der Waals surface area contributed by atoms with Gasteiger partial charge in [0.15, 0.2) is 0 Å². The Morgan fingerprint density at radius 2 is 1.58 bits per heavy atom. The molecule has 1 aromatic heterocycles. The van der Waals surface area contributed by atoms with E-state index in [2.05, 4.69) is 39.8 Å². The Kier molecular flexibility index (Phi) is 9.39. The van der Waals surface area contributed by atoms with Crippen LogP contribution in [0.15, 0.2) is 74.5 Å². The summed E-state index contributed by atoms with van der Waals surface area (Å²) in [5.74, 6) is 1.01. The number of methoxy groups -OCH3 is 1. The van der Waals surface area contributed by atoms with Crippen LogP contribution in [0.3, 0.4) is 0 Å². The summed E-state index contributed by atoms with van der Waals surface area (Å²) < 4.78 is 10.6. The second kappa shape index (κ2) is 12.0. The van der Waals surface area contributed by atoms with Gasteiger partial charge in [0, 0.05) is 18.1 Å². The molecule has 4 nitrogen and oxygen atoms in total. The van der Waals surface area contributed by atoms with Gasteiger partial charge in [0.05, 0.1) is 12.7 Å². The third-order valence-electron chi connectivity index (χ3n) is 5.18. The maximum absolute atomic E-state index is 12.4. The molecule has 31 heavy (non-hydrogen) atoms. The van der Waals surface area contributed by atoms with Gasteiger partial charge in [0.1, 0.15) is 17.3 Å². The van der Waals surface area contributed by atoms with E-state index in [4.69, 9.17) is 9.15 Å². The predicted molar refractivity (Wildman–Crippen MR) is 128 cm³/mol. The number of benzene rings is 1. The second-order valence-electron chi connectivity index (χ2n) is 8.15. The van der Waals surface area contributed by atoms with Crippen LogP contribution in [0.2, 0.25) is 0 Å². The van der Waals surface area contributed by atoms with Gasteiger partial charge in [-0.15, -0.1) is 0 Å². The largest absolute Gasteiger partial charge is 0.507 e. The molecule has 1 N–H and O–H groups in total. The van der Waals surface area contributed by atoms with Gasteiger partial charge in [-0.3, -0.25) is 0 Å². The lowest BCUT2D eigenvalue weighted by Gasteiger charge is -2.06. The van der Waals surface area contributed by atoms with E-state index in [1.807, 2.05) is 6.08 Å². The summed E-state index contributed by atoms with van der Waals surface area (Å²) in [5, 5.41) is 10.4. The van der Waals surface area contributed by atoms with Gasteiger partial charge in [-0.25, -0.2) is 4.79 Å². The molecule has 2 rings (SSSR count). The monoisotopic (exact) mass is 422 g/mol. The minimum atomic E-state index is -0.509. The first-order valence-electron chi connectivity index (χ1n) is 10.7. The van der Waals surface area contributed by atoms with Crippen LogP contribution < -0.4 is 10.4 Å². The zero-order valence-electron chi connectivity index (χ0n) is 19.3. The molecule has 2 aromatic rings. The third kappa shape index (κ3) is 7.97. The van der Waals surface area contributed by atoms with E-state index in [0.717, 1.165) is 25.7 Å². The Balaban J connectivity index is 1.98. The summed E-state index contributed by atoms with van der Waals surface area (Å²) in [6.07, 6.45) is 11.0. The summed E-state index contributed by atoms with van der Waals surface area (Å²) in [4.78, 5) is 12.4. The van der Waals surface area contributed by atoms with Crippen LogP contribution in [0.5, 0.6) is 11.5 Å². The van der Waals surface area contributed by atoms with Crippen molar-refractivity contribution in [2.24, 2.45) is 0 Å². The zero-order valence-corrected chi connectivity index (χ0v) is 19.3. The molecular weight excluding hydrogens is 388 g/mol. The highest BCUT2D eigenvalue weighted by Crippen LogP contribution is 2.26. The van der Waals surface area contributed by atoms with Crippen LogP contribution in [0.25, 0.3) is 11.3 Å². The number of rotatable bonds is 10. The molecule has 0 saturated carbocycles. The highest BCUT2D eigenvalue weighted by molar-refractivity contribution is 5.60. The number of ether oxygens (including phenoxy) is 1. The van der Waals surface area contributed by atoms with E-state index < -0.39 is 5.63 Å². The Morgan fingerprint density at radius 3 is 2.16 bits per heavy atom. The average molecular weight is 423 g/mol. The number of allylic oxidation sites excluding steroid dienone is 6. The van der Waals surface area contributed by atoms with E-state index in [-0.39, 0.29) is 11.3 Å². The molecule has 0 atom stereocenters. The lowest BCUT2D eigenvalue weighted by molar-refractivity contribution is 0.414. The van der Waals surface area contributed by atoms with Gasteiger partial charge in [0.25, 0.3) is 0 Å². The SMILES string of the molecule is COc1ccc(-c2cc(O)c(C/C=C(\C)CC/C=C(\C)CCC=C(C)C)c(=O)o2)cc1. The Morgan fingerprint density at radius 1 is 0.968 bits per heavy atom. The fourth-order valence-electron chi connectivity index (χ4n) is 3.21. The van der Waals surface area contributed by atoms with Crippen LogP contribution >= 0.6 is 0 Å². The Bertz CT molecular complexity index is 1000. The third-order valence-corrected chi connectivity index (χ3v) is 5.18. The summed E-state index contributed by atoms with van der Waals surface area (Å²) in [7, 11) is 1.59. The number of aromatic hydroxyl groups is 1. The van der Waals surface area contributed by atoms with Crippen molar-refractivity contribution in [1.29, 1.82) is 0 Å². The molecule has 0 spiro atoms. The van der Waals surface area contributed by atoms with Crippen molar-refractivity contribution in [3.05, 3.63) is 81.3 Å². The molecule has 0 unspecified atom stereocenters. The molecule has 0 amide bonds. The maximum Gasteiger partial charge on any atom is 0.343 e. The summed E-state index contributed by atoms with van der Waals surface area (Å²) >= 11 is 0. The van der Waals surface area contributed by atoms with E-state index in [9.17, 15) is 9.90 Å². The van der Waals surface area contributed by atoms with Crippen LogP contribution in [0.4, 0.5) is 0 Å². The maximum atomic E-state index is 12.4. The summed E-state index contributed by atoms with van der Waals surface area (Å²) in [6.45, 7) is 8.47. The van der Waals surface area contributed by atoms with Crippen LogP contribution in [0, 0.1) is 0 Å². The first-order chi connectivity index (χ1) is 14.8. The van der Waals surface area contributed by atoms with Gasteiger partial charge >= 0.3 is 5.63 Å². The Hall–Kier alpha value is -3.01. The normalized spacial score (nSPS) is 12.0. The fourth-order valence-corrected chi connectivity index (χ4v) is 3.21. The quantitative estimate of drug-likeness (QED) is 0.419. The molecule has 0 bridgehead atoms. The van der Waals surface area contributed by atoms with Crippen molar-refractivity contribution in [1.82, 2.24) is 0 Å². The molecule has 4 heteroatoms. The molecule has 0 radical (unpaired) electrons. The van der Waals surface area contributed by atoms with Gasteiger partial charge in [0.2, 0.25) is 0 Å². The van der Waals surface area contributed by atoms with Gasteiger partial charge in [-0.1, -0.05) is 34.9 Å². The van der Waals surface area contributed by atoms with Crippen molar-refractivity contribution in [2.75, 3.05) is 7.11 Å². The van der Waals surface area contributed by atoms with E-state index in [1.165, 1.54) is 22.8 Å². The molecule has 0 aliphatic heterocycles. The molecule has 0 saturated heterocycles. The zero-order chi connectivity index (χ0) is 22.8. The molecule has 0 aliphatic carbocycles. The van der Waals surface area contributed by atoms with Crippen LogP contribution in [-0.2, 0) is 6.42 Å². The fraction of sp³-hybridized carbons (Fsp3) is 0.370. The topological polar surface area (TPSA) is 59.7 Å². The molecule has 1 aromatic carbocycles. The van der Waals surface area contributed by atoms with Crippen LogP contribution in [0.1, 0.15) is 58.9 Å². The average Bonchev–Trinajstić information content (AvgIpc) is 2.72. The van der Waals surface area contributed by atoms with Gasteiger partial charge in [-0.2, -0.15) is 0 Å². The van der Waals surface area contributed by atoms with Crippen LogP contribution in [-0.4, -0.2) is 12.2 Å². The molecule has 1 heterocycles. The lowest BCUT2D eigenvalue weighted by atomic mass is 10.0. The van der Waals surface area contributed by atoms with Gasteiger partial charge < -0.3 is 14.3 Å². The smallest absolute Gasteiger partial charge is 0.343 e. The lowest BCUT2D eigenvalue weighted by Crippen LogP contribution is -2.07.